The predicted molar refractivity (Wildman–Crippen MR) is 139 cm³/mol. The number of hydrogen-bond acceptors (Lipinski definition) is 4. The van der Waals surface area contributed by atoms with E-state index < -0.39 is 10.0 Å². The highest BCUT2D eigenvalue weighted by atomic mass is 32.2. The first-order valence-corrected chi connectivity index (χ1v) is 12.4. The number of hydrazine groups is 1. The van der Waals surface area contributed by atoms with Crippen LogP contribution < -0.4 is 20.3 Å². The Bertz CT molecular complexity index is 1330. The molecule has 0 radical (unpaired) electrons. The fourth-order valence-corrected chi connectivity index (χ4v) is 4.25. The Morgan fingerprint density at radius 3 is 1.97 bits per heavy atom. The summed E-state index contributed by atoms with van der Waals surface area (Å²) in [6.07, 6.45) is 0. The van der Waals surface area contributed by atoms with Gasteiger partial charge in [0.15, 0.2) is 5.11 Å². The molecular weight excluding hydrogens is 466 g/mol. The Kier molecular flexibility index (Phi) is 7.54. The van der Waals surface area contributed by atoms with Gasteiger partial charge in [-0.1, -0.05) is 72.8 Å². The zero-order valence-electron chi connectivity index (χ0n) is 18.1. The minimum Gasteiger partial charge on any atom is -0.489 e. The van der Waals surface area contributed by atoms with E-state index in [9.17, 15) is 8.42 Å². The van der Waals surface area contributed by atoms with Crippen molar-refractivity contribution >= 4 is 33.0 Å². The second-order valence-electron chi connectivity index (χ2n) is 7.37. The van der Waals surface area contributed by atoms with Crippen molar-refractivity contribution in [1.29, 1.82) is 0 Å². The number of hydrogen-bond donors (Lipinski definition) is 3. The van der Waals surface area contributed by atoms with Crippen LogP contribution in [0.15, 0.2) is 114 Å². The van der Waals surface area contributed by atoms with Gasteiger partial charge in [0.25, 0.3) is 10.0 Å². The lowest BCUT2D eigenvalue weighted by Crippen LogP contribution is -2.43. The Hall–Kier alpha value is -3.72. The standard InChI is InChI=1S/C26H23N3O3S2/c30-34(31,25-17-11-22(12-18-25)21-9-5-2-6-10-21)29-28-26(33)27-23-13-15-24(16-14-23)32-19-20-7-3-1-4-8-20/h1-18,29H,19H2,(H2,27,28,33). The molecule has 0 fully saturated rings. The molecule has 0 unspecified atom stereocenters. The van der Waals surface area contributed by atoms with Gasteiger partial charge in [-0.3, -0.25) is 5.43 Å². The van der Waals surface area contributed by atoms with Crippen LogP contribution in [-0.2, 0) is 16.6 Å². The zero-order valence-corrected chi connectivity index (χ0v) is 19.8. The molecule has 4 aromatic rings. The summed E-state index contributed by atoms with van der Waals surface area (Å²) >= 11 is 5.21. The highest BCUT2D eigenvalue weighted by molar-refractivity contribution is 7.89. The summed E-state index contributed by atoms with van der Waals surface area (Å²) < 4.78 is 30.9. The lowest BCUT2D eigenvalue weighted by molar-refractivity contribution is 0.306. The minimum absolute atomic E-state index is 0.113. The van der Waals surface area contributed by atoms with E-state index in [0.29, 0.717) is 18.0 Å². The molecule has 0 aromatic heterocycles. The molecule has 6 nitrogen and oxygen atoms in total. The molecule has 0 bridgehead atoms. The molecule has 4 aromatic carbocycles. The van der Waals surface area contributed by atoms with Gasteiger partial charge in [0.2, 0.25) is 0 Å². The summed E-state index contributed by atoms with van der Waals surface area (Å²) in [5.41, 5.74) is 6.24. The van der Waals surface area contributed by atoms with Crippen molar-refractivity contribution in [3.05, 3.63) is 115 Å². The van der Waals surface area contributed by atoms with Crippen LogP contribution in [0.3, 0.4) is 0 Å². The van der Waals surface area contributed by atoms with Crippen molar-refractivity contribution in [3.63, 3.8) is 0 Å². The summed E-state index contributed by atoms with van der Waals surface area (Å²) in [5, 5.41) is 3.05. The van der Waals surface area contributed by atoms with E-state index in [1.807, 2.05) is 72.8 Å². The normalized spacial score (nSPS) is 10.9. The van der Waals surface area contributed by atoms with Gasteiger partial charge in [-0.25, -0.2) is 8.42 Å². The Morgan fingerprint density at radius 2 is 1.32 bits per heavy atom. The quantitative estimate of drug-likeness (QED) is 0.236. The summed E-state index contributed by atoms with van der Waals surface area (Å²) in [6, 6.07) is 33.5. The SMILES string of the molecule is O=S(=O)(NNC(=S)Nc1ccc(OCc2ccccc2)cc1)c1ccc(-c2ccccc2)cc1. The Morgan fingerprint density at radius 1 is 0.735 bits per heavy atom. The van der Waals surface area contributed by atoms with Gasteiger partial charge < -0.3 is 10.1 Å². The highest BCUT2D eigenvalue weighted by Gasteiger charge is 2.14. The van der Waals surface area contributed by atoms with Crippen molar-refractivity contribution in [2.45, 2.75) is 11.5 Å². The van der Waals surface area contributed by atoms with Gasteiger partial charge in [-0.05, 0) is 65.3 Å². The lowest BCUT2D eigenvalue weighted by atomic mass is 10.1. The maximum Gasteiger partial charge on any atom is 0.257 e. The molecular formula is C26H23N3O3S2. The number of nitrogens with one attached hydrogen (secondary N) is 3. The second kappa shape index (κ2) is 10.9. The molecule has 3 N–H and O–H groups in total. The van der Waals surface area contributed by atoms with Crippen molar-refractivity contribution < 1.29 is 13.2 Å². The number of thiocarbonyl (C=S) groups is 1. The number of benzene rings is 4. The van der Waals surface area contributed by atoms with Gasteiger partial charge >= 0.3 is 0 Å². The lowest BCUT2D eigenvalue weighted by Gasteiger charge is -2.13. The molecule has 34 heavy (non-hydrogen) atoms. The van der Waals surface area contributed by atoms with Crippen LogP contribution in [0.25, 0.3) is 11.1 Å². The van der Waals surface area contributed by atoms with Crippen LogP contribution >= 0.6 is 12.2 Å². The molecule has 0 aliphatic rings. The van der Waals surface area contributed by atoms with E-state index in [2.05, 4.69) is 15.6 Å². The van der Waals surface area contributed by atoms with Crippen molar-refractivity contribution in [2.75, 3.05) is 5.32 Å². The van der Waals surface area contributed by atoms with E-state index in [1.165, 1.54) is 0 Å². The third-order valence-corrected chi connectivity index (χ3v) is 6.40. The fourth-order valence-electron chi connectivity index (χ4n) is 3.17. The van der Waals surface area contributed by atoms with E-state index in [1.54, 1.807) is 36.4 Å². The van der Waals surface area contributed by atoms with Gasteiger partial charge in [-0.15, -0.1) is 4.83 Å². The minimum atomic E-state index is -3.80. The first-order valence-electron chi connectivity index (χ1n) is 10.5. The predicted octanol–water partition coefficient (Wildman–Crippen LogP) is 5.11. The number of sulfonamides is 1. The number of rotatable bonds is 8. The van der Waals surface area contributed by atoms with Crippen LogP contribution in [0.1, 0.15) is 5.56 Å². The maximum absolute atomic E-state index is 12.6. The third-order valence-electron chi connectivity index (χ3n) is 4.93. The molecule has 172 valence electrons. The summed E-state index contributed by atoms with van der Waals surface area (Å²) in [5.74, 6) is 0.716. The maximum atomic E-state index is 12.6. The molecule has 0 spiro atoms. The second-order valence-corrected chi connectivity index (χ2v) is 9.46. The van der Waals surface area contributed by atoms with Crippen LogP contribution in [-0.4, -0.2) is 13.5 Å². The summed E-state index contributed by atoms with van der Waals surface area (Å²) in [4.78, 5) is 2.43. The molecule has 4 rings (SSSR count). The largest absolute Gasteiger partial charge is 0.489 e. The van der Waals surface area contributed by atoms with Crippen LogP contribution in [0.5, 0.6) is 5.75 Å². The molecule has 0 saturated heterocycles. The molecule has 8 heteroatoms. The molecule has 0 amide bonds. The van der Waals surface area contributed by atoms with Crippen molar-refractivity contribution in [3.8, 4) is 16.9 Å². The van der Waals surface area contributed by atoms with Gasteiger partial charge in [0.05, 0.1) is 4.90 Å². The van der Waals surface area contributed by atoms with Gasteiger partial charge in [-0.2, -0.15) is 0 Å². The van der Waals surface area contributed by atoms with Gasteiger partial charge in [0.1, 0.15) is 12.4 Å². The average Bonchev–Trinajstić information content (AvgIpc) is 2.88. The first-order chi connectivity index (χ1) is 16.5. The van der Waals surface area contributed by atoms with Crippen molar-refractivity contribution in [1.82, 2.24) is 10.3 Å². The summed E-state index contributed by atoms with van der Waals surface area (Å²) in [6.45, 7) is 0.474. The third kappa shape index (κ3) is 6.41. The van der Waals surface area contributed by atoms with Crippen LogP contribution in [0.4, 0.5) is 5.69 Å². The van der Waals surface area contributed by atoms with E-state index >= 15 is 0 Å². The molecule has 0 aliphatic heterocycles. The highest BCUT2D eigenvalue weighted by Crippen LogP contribution is 2.21. The zero-order chi connectivity index (χ0) is 23.8. The topological polar surface area (TPSA) is 79.5 Å². The number of ether oxygens (including phenoxy) is 1. The van der Waals surface area contributed by atoms with Gasteiger partial charge in [0, 0.05) is 5.69 Å². The Labute approximate surface area is 204 Å². The number of anilines is 1. The van der Waals surface area contributed by atoms with Crippen LogP contribution in [0, 0.1) is 0 Å². The molecule has 0 atom stereocenters. The average molecular weight is 490 g/mol. The van der Waals surface area contributed by atoms with E-state index in [-0.39, 0.29) is 10.0 Å². The first kappa shape index (κ1) is 23.4. The molecule has 0 saturated carbocycles. The molecule has 0 heterocycles. The summed E-state index contributed by atoms with van der Waals surface area (Å²) in [7, 11) is -3.80. The Balaban J connectivity index is 1.28. The van der Waals surface area contributed by atoms with Crippen LogP contribution in [0.2, 0.25) is 0 Å². The monoisotopic (exact) mass is 489 g/mol. The van der Waals surface area contributed by atoms with E-state index in [0.717, 1.165) is 16.7 Å². The van der Waals surface area contributed by atoms with Crippen molar-refractivity contribution in [2.24, 2.45) is 0 Å². The van der Waals surface area contributed by atoms with E-state index in [4.69, 9.17) is 17.0 Å². The fraction of sp³-hybridized carbons (Fsp3) is 0.0385. The molecule has 0 aliphatic carbocycles. The smallest absolute Gasteiger partial charge is 0.257 e.